The number of aryl methyl sites for hydroxylation is 1. The number of hydrogen-bond donors (Lipinski definition) is 1. The molecular weight excluding hydrogens is 220 g/mol. The van der Waals surface area contributed by atoms with Crippen molar-refractivity contribution in [3.05, 3.63) is 33.9 Å². The third-order valence-corrected chi connectivity index (χ3v) is 3.21. The second-order valence-corrected chi connectivity index (χ2v) is 4.40. The number of nitrogens with zero attached hydrogens (tertiary/aromatic N) is 1. The van der Waals surface area contributed by atoms with Crippen LogP contribution in [0.25, 0.3) is 0 Å². The summed E-state index contributed by atoms with van der Waals surface area (Å²) in [7, 11) is 1.69. The summed E-state index contributed by atoms with van der Waals surface area (Å²) in [4.78, 5) is 10.7. The van der Waals surface area contributed by atoms with Crippen molar-refractivity contribution in [2.45, 2.75) is 31.9 Å². The van der Waals surface area contributed by atoms with E-state index in [0.717, 1.165) is 12.8 Å². The number of anilines is 1. The van der Waals surface area contributed by atoms with Crippen LogP contribution in [-0.2, 0) is 4.74 Å². The van der Waals surface area contributed by atoms with Crippen molar-refractivity contribution >= 4 is 11.4 Å². The molecule has 5 heteroatoms. The van der Waals surface area contributed by atoms with E-state index in [2.05, 4.69) is 5.32 Å². The number of benzene rings is 1. The molecule has 0 amide bonds. The van der Waals surface area contributed by atoms with E-state index < -0.39 is 0 Å². The fourth-order valence-electron chi connectivity index (χ4n) is 2.11. The minimum absolute atomic E-state index is 0.174. The van der Waals surface area contributed by atoms with Crippen LogP contribution in [0.4, 0.5) is 11.4 Å². The molecule has 1 saturated carbocycles. The normalized spacial score (nSPS) is 22.9. The average molecular weight is 236 g/mol. The third kappa shape index (κ3) is 2.39. The van der Waals surface area contributed by atoms with E-state index in [1.54, 1.807) is 26.2 Å². The van der Waals surface area contributed by atoms with Crippen LogP contribution in [0, 0.1) is 17.0 Å². The Balaban J connectivity index is 2.11. The number of ether oxygens (including phenoxy) is 1. The lowest BCUT2D eigenvalue weighted by molar-refractivity contribution is -0.384. The molecule has 0 aromatic heterocycles. The Bertz CT molecular complexity index is 428. The van der Waals surface area contributed by atoms with Gasteiger partial charge in [-0.05, 0) is 25.8 Å². The Morgan fingerprint density at radius 3 is 2.76 bits per heavy atom. The molecule has 1 aliphatic rings. The summed E-state index contributed by atoms with van der Waals surface area (Å²) in [5, 5.41) is 14.2. The average Bonchev–Trinajstić information content (AvgIpc) is 2.22. The molecule has 0 atom stereocenters. The molecule has 5 nitrogen and oxygen atoms in total. The van der Waals surface area contributed by atoms with Crippen LogP contribution in [0.15, 0.2) is 18.2 Å². The summed E-state index contributed by atoms with van der Waals surface area (Å²) < 4.78 is 5.18. The number of methoxy groups -OCH3 is 1. The van der Waals surface area contributed by atoms with E-state index >= 15 is 0 Å². The number of hydrogen-bond acceptors (Lipinski definition) is 4. The molecule has 1 fully saturated rings. The summed E-state index contributed by atoms with van der Waals surface area (Å²) in [6.45, 7) is 1.75. The minimum atomic E-state index is -0.329. The second kappa shape index (κ2) is 4.71. The van der Waals surface area contributed by atoms with E-state index in [1.807, 2.05) is 6.07 Å². The van der Waals surface area contributed by atoms with Gasteiger partial charge < -0.3 is 10.1 Å². The van der Waals surface area contributed by atoms with Gasteiger partial charge in [0.05, 0.1) is 11.0 Å². The van der Waals surface area contributed by atoms with E-state index in [1.165, 1.54) is 0 Å². The maximum Gasteiger partial charge on any atom is 0.295 e. The Kier molecular flexibility index (Phi) is 3.28. The Morgan fingerprint density at radius 1 is 1.47 bits per heavy atom. The van der Waals surface area contributed by atoms with Gasteiger partial charge in [0.1, 0.15) is 5.69 Å². The fraction of sp³-hybridized carbons (Fsp3) is 0.500. The Hall–Kier alpha value is -1.62. The van der Waals surface area contributed by atoms with Crippen LogP contribution >= 0.6 is 0 Å². The molecule has 1 aliphatic carbocycles. The third-order valence-electron chi connectivity index (χ3n) is 3.21. The van der Waals surface area contributed by atoms with Gasteiger partial charge in [-0.3, -0.25) is 10.1 Å². The number of nitrogens with one attached hydrogen (secondary N) is 1. The first-order valence-corrected chi connectivity index (χ1v) is 5.65. The Morgan fingerprint density at radius 2 is 2.18 bits per heavy atom. The molecule has 1 N–H and O–H groups in total. The highest BCUT2D eigenvalue weighted by Gasteiger charge is 2.30. The number of nitro benzene ring substituents is 1. The highest BCUT2D eigenvalue weighted by atomic mass is 16.6. The highest BCUT2D eigenvalue weighted by molar-refractivity contribution is 5.65. The number of nitro groups is 1. The van der Waals surface area contributed by atoms with Gasteiger partial charge in [-0.25, -0.2) is 0 Å². The highest BCUT2D eigenvalue weighted by Crippen LogP contribution is 2.32. The molecule has 0 unspecified atom stereocenters. The summed E-state index contributed by atoms with van der Waals surface area (Å²) in [5.41, 5.74) is 1.46. The van der Waals surface area contributed by atoms with Crippen molar-refractivity contribution in [3.63, 3.8) is 0 Å². The maximum atomic E-state index is 11.0. The van der Waals surface area contributed by atoms with Gasteiger partial charge in [-0.2, -0.15) is 0 Å². The van der Waals surface area contributed by atoms with Crippen LogP contribution in [-0.4, -0.2) is 24.2 Å². The van der Waals surface area contributed by atoms with Crippen molar-refractivity contribution < 1.29 is 9.66 Å². The maximum absolute atomic E-state index is 11.0. The molecule has 1 aromatic carbocycles. The quantitative estimate of drug-likeness (QED) is 0.644. The van der Waals surface area contributed by atoms with Crippen molar-refractivity contribution in [2.75, 3.05) is 12.4 Å². The molecule has 0 spiro atoms. The molecule has 92 valence electrons. The standard InChI is InChI=1S/C12H16N2O3/c1-8-4-3-5-11(12(8)14(15)16)13-9-6-10(7-9)17-2/h3-5,9-10,13H,6-7H2,1-2H3. The van der Waals surface area contributed by atoms with E-state index in [9.17, 15) is 10.1 Å². The summed E-state index contributed by atoms with van der Waals surface area (Å²) in [6, 6.07) is 5.62. The smallest absolute Gasteiger partial charge is 0.295 e. The van der Waals surface area contributed by atoms with Crippen LogP contribution < -0.4 is 5.32 Å². The van der Waals surface area contributed by atoms with Crippen LogP contribution in [0.5, 0.6) is 0 Å². The predicted octanol–water partition coefficient (Wildman–Crippen LogP) is 2.49. The SMILES string of the molecule is COC1CC(Nc2cccc(C)c2[N+](=O)[O-])C1. The lowest BCUT2D eigenvalue weighted by atomic mass is 9.89. The van der Waals surface area contributed by atoms with E-state index in [4.69, 9.17) is 4.74 Å². The first kappa shape index (κ1) is 11.9. The molecule has 0 radical (unpaired) electrons. The summed E-state index contributed by atoms with van der Waals surface area (Å²) >= 11 is 0. The summed E-state index contributed by atoms with van der Waals surface area (Å²) in [5.74, 6) is 0. The van der Waals surface area contributed by atoms with Crippen LogP contribution in [0.2, 0.25) is 0 Å². The molecule has 17 heavy (non-hydrogen) atoms. The largest absolute Gasteiger partial charge is 0.381 e. The molecule has 0 bridgehead atoms. The van der Waals surface area contributed by atoms with Gasteiger partial charge >= 0.3 is 0 Å². The van der Waals surface area contributed by atoms with Crippen molar-refractivity contribution in [1.29, 1.82) is 0 Å². The van der Waals surface area contributed by atoms with E-state index in [-0.39, 0.29) is 22.8 Å². The topological polar surface area (TPSA) is 64.4 Å². The van der Waals surface area contributed by atoms with Gasteiger partial charge in [0, 0.05) is 18.7 Å². The number of rotatable bonds is 4. The molecule has 1 aromatic rings. The first-order valence-electron chi connectivity index (χ1n) is 5.65. The Labute approximate surface area is 99.9 Å². The zero-order chi connectivity index (χ0) is 12.4. The summed E-state index contributed by atoms with van der Waals surface area (Å²) in [6.07, 6.45) is 2.10. The molecule has 0 aliphatic heterocycles. The molecule has 0 saturated heterocycles. The molecule has 0 heterocycles. The van der Waals surface area contributed by atoms with Crippen LogP contribution in [0.1, 0.15) is 18.4 Å². The predicted molar refractivity (Wildman–Crippen MR) is 65.3 cm³/mol. The van der Waals surface area contributed by atoms with Crippen molar-refractivity contribution in [2.24, 2.45) is 0 Å². The molecule has 2 rings (SSSR count). The van der Waals surface area contributed by atoms with Crippen molar-refractivity contribution in [3.8, 4) is 0 Å². The van der Waals surface area contributed by atoms with Crippen LogP contribution in [0.3, 0.4) is 0 Å². The lowest BCUT2D eigenvalue weighted by Gasteiger charge is -2.35. The first-order chi connectivity index (χ1) is 8.11. The minimum Gasteiger partial charge on any atom is -0.381 e. The van der Waals surface area contributed by atoms with Gasteiger partial charge in [-0.15, -0.1) is 0 Å². The van der Waals surface area contributed by atoms with Gasteiger partial charge in [-0.1, -0.05) is 12.1 Å². The van der Waals surface area contributed by atoms with Gasteiger partial charge in [0.25, 0.3) is 5.69 Å². The second-order valence-electron chi connectivity index (χ2n) is 4.40. The molecular formula is C12H16N2O3. The number of para-hydroxylation sites is 1. The zero-order valence-corrected chi connectivity index (χ0v) is 9.97. The monoisotopic (exact) mass is 236 g/mol. The van der Waals surface area contributed by atoms with Gasteiger partial charge in [0.2, 0.25) is 0 Å². The van der Waals surface area contributed by atoms with Gasteiger partial charge in [0.15, 0.2) is 0 Å². The lowest BCUT2D eigenvalue weighted by Crippen LogP contribution is -2.40. The van der Waals surface area contributed by atoms with Crippen molar-refractivity contribution in [1.82, 2.24) is 0 Å². The fourth-order valence-corrected chi connectivity index (χ4v) is 2.11. The zero-order valence-electron chi connectivity index (χ0n) is 9.97. The van der Waals surface area contributed by atoms with E-state index in [0.29, 0.717) is 11.3 Å².